The largest absolute Gasteiger partial charge is 0.478 e. The van der Waals surface area contributed by atoms with Gasteiger partial charge in [-0.15, -0.1) is 0 Å². The number of anilines is 1. The molecule has 0 spiro atoms. The molecule has 1 heterocycles. The van der Waals surface area contributed by atoms with E-state index in [0.29, 0.717) is 5.56 Å². The van der Waals surface area contributed by atoms with Crippen molar-refractivity contribution in [2.75, 3.05) is 11.9 Å². The number of nitrogens with one attached hydrogen (secondary N) is 1. The minimum absolute atomic E-state index is 0.322. The molecule has 2 aromatic carbocycles. The Bertz CT molecular complexity index is 766. The molecular formula is C16H15N3O2. The van der Waals surface area contributed by atoms with E-state index in [1.807, 2.05) is 47.3 Å². The van der Waals surface area contributed by atoms with E-state index in [0.717, 1.165) is 29.5 Å². The van der Waals surface area contributed by atoms with Crippen molar-refractivity contribution in [1.82, 2.24) is 9.78 Å². The lowest BCUT2D eigenvalue weighted by atomic mass is 10.0. The topological polar surface area (TPSA) is 67.2 Å². The molecule has 0 aliphatic heterocycles. The van der Waals surface area contributed by atoms with Crippen LogP contribution in [0.25, 0.3) is 10.8 Å². The molecule has 5 nitrogen and oxygen atoms in total. The number of carbonyl (C=O) groups is 1. The van der Waals surface area contributed by atoms with Crippen LogP contribution in [0.3, 0.4) is 0 Å². The quantitative estimate of drug-likeness (QED) is 0.754. The third-order valence-electron chi connectivity index (χ3n) is 3.37. The van der Waals surface area contributed by atoms with Gasteiger partial charge in [-0.05, 0) is 23.6 Å². The van der Waals surface area contributed by atoms with Crippen molar-refractivity contribution in [1.29, 1.82) is 0 Å². The van der Waals surface area contributed by atoms with Gasteiger partial charge in [0, 0.05) is 30.0 Å². The van der Waals surface area contributed by atoms with Crippen LogP contribution in [0.4, 0.5) is 5.69 Å². The number of rotatable bonds is 5. The van der Waals surface area contributed by atoms with Crippen LogP contribution in [0.2, 0.25) is 0 Å². The average Bonchev–Trinajstić information content (AvgIpc) is 3.00. The molecule has 1 aromatic heterocycles. The van der Waals surface area contributed by atoms with Crippen LogP contribution < -0.4 is 5.32 Å². The van der Waals surface area contributed by atoms with E-state index in [2.05, 4.69) is 10.4 Å². The summed E-state index contributed by atoms with van der Waals surface area (Å²) in [7, 11) is 0. The van der Waals surface area contributed by atoms with Crippen molar-refractivity contribution in [2.24, 2.45) is 0 Å². The summed E-state index contributed by atoms with van der Waals surface area (Å²) in [6, 6.07) is 12.9. The Morgan fingerprint density at radius 3 is 2.67 bits per heavy atom. The fourth-order valence-corrected chi connectivity index (χ4v) is 2.38. The normalized spacial score (nSPS) is 10.7. The summed E-state index contributed by atoms with van der Waals surface area (Å²) in [5.74, 6) is -0.908. The first-order valence-electron chi connectivity index (χ1n) is 6.72. The summed E-state index contributed by atoms with van der Waals surface area (Å²) >= 11 is 0. The summed E-state index contributed by atoms with van der Waals surface area (Å²) in [6.45, 7) is 1.47. The first-order chi connectivity index (χ1) is 10.3. The number of hydrogen-bond donors (Lipinski definition) is 2. The predicted molar refractivity (Wildman–Crippen MR) is 81.6 cm³/mol. The van der Waals surface area contributed by atoms with Crippen LogP contribution >= 0.6 is 0 Å². The molecule has 5 heteroatoms. The molecule has 2 N–H and O–H groups in total. The van der Waals surface area contributed by atoms with E-state index in [9.17, 15) is 9.90 Å². The average molecular weight is 281 g/mol. The van der Waals surface area contributed by atoms with Gasteiger partial charge in [0.2, 0.25) is 0 Å². The van der Waals surface area contributed by atoms with Crippen molar-refractivity contribution in [3.05, 3.63) is 60.4 Å². The molecule has 0 saturated carbocycles. The minimum atomic E-state index is -0.908. The van der Waals surface area contributed by atoms with E-state index in [4.69, 9.17) is 0 Å². The number of hydrogen-bond acceptors (Lipinski definition) is 3. The number of carboxylic acids is 1. The molecule has 0 radical (unpaired) electrons. The number of aromatic carboxylic acids is 1. The maximum Gasteiger partial charge on any atom is 0.336 e. The highest BCUT2D eigenvalue weighted by atomic mass is 16.4. The van der Waals surface area contributed by atoms with Gasteiger partial charge in [-0.3, -0.25) is 4.68 Å². The molecule has 0 saturated heterocycles. The highest BCUT2D eigenvalue weighted by molar-refractivity contribution is 6.07. The molecular weight excluding hydrogens is 266 g/mol. The SMILES string of the molecule is O=C(O)c1ccc(NCCn2cccn2)c2ccccc12. The molecule has 3 aromatic rings. The Morgan fingerprint density at radius 1 is 1.14 bits per heavy atom. The van der Waals surface area contributed by atoms with E-state index in [1.165, 1.54) is 0 Å². The molecule has 0 aliphatic rings. The third-order valence-corrected chi connectivity index (χ3v) is 3.37. The van der Waals surface area contributed by atoms with Crippen LogP contribution in [0.1, 0.15) is 10.4 Å². The molecule has 0 unspecified atom stereocenters. The summed E-state index contributed by atoms with van der Waals surface area (Å²) in [4.78, 5) is 11.3. The van der Waals surface area contributed by atoms with Crippen molar-refractivity contribution >= 4 is 22.4 Å². The van der Waals surface area contributed by atoms with Gasteiger partial charge in [-0.25, -0.2) is 4.79 Å². The summed E-state index contributed by atoms with van der Waals surface area (Å²) in [6.07, 6.45) is 3.66. The Labute approximate surface area is 121 Å². The lowest BCUT2D eigenvalue weighted by Crippen LogP contribution is -2.11. The maximum atomic E-state index is 11.3. The van der Waals surface area contributed by atoms with Gasteiger partial charge < -0.3 is 10.4 Å². The van der Waals surface area contributed by atoms with Crippen LogP contribution in [0, 0.1) is 0 Å². The zero-order valence-electron chi connectivity index (χ0n) is 11.4. The first-order valence-corrected chi connectivity index (χ1v) is 6.72. The second kappa shape index (κ2) is 5.66. The number of fused-ring (bicyclic) bond motifs is 1. The van der Waals surface area contributed by atoms with E-state index in [1.54, 1.807) is 12.3 Å². The van der Waals surface area contributed by atoms with Gasteiger partial charge in [-0.1, -0.05) is 24.3 Å². The lowest BCUT2D eigenvalue weighted by Gasteiger charge is -2.11. The van der Waals surface area contributed by atoms with Crippen molar-refractivity contribution in [3.63, 3.8) is 0 Å². The highest BCUT2D eigenvalue weighted by Crippen LogP contribution is 2.26. The smallest absolute Gasteiger partial charge is 0.336 e. The zero-order valence-corrected chi connectivity index (χ0v) is 11.4. The molecule has 21 heavy (non-hydrogen) atoms. The molecule has 0 fully saturated rings. The Hall–Kier alpha value is -2.82. The Kier molecular flexibility index (Phi) is 3.55. The molecule has 3 rings (SSSR count). The fraction of sp³-hybridized carbons (Fsp3) is 0.125. The van der Waals surface area contributed by atoms with Gasteiger partial charge in [-0.2, -0.15) is 5.10 Å². The zero-order chi connectivity index (χ0) is 14.7. The van der Waals surface area contributed by atoms with Crippen LogP contribution in [-0.4, -0.2) is 27.4 Å². The second-order valence-electron chi connectivity index (χ2n) is 4.71. The number of aromatic nitrogens is 2. The van der Waals surface area contributed by atoms with Crippen molar-refractivity contribution in [2.45, 2.75) is 6.54 Å². The molecule has 0 atom stereocenters. The highest BCUT2D eigenvalue weighted by Gasteiger charge is 2.10. The van der Waals surface area contributed by atoms with E-state index >= 15 is 0 Å². The standard InChI is InChI=1S/C16H15N3O2/c20-16(21)14-6-7-15(13-5-2-1-4-12(13)14)17-9-11-19-10-3-8-18-19/h1-8,10,17H,9,11H2,(H,20,21). The Morgan fingerprint density at radius 2 is 1.95 bits per heavy atom. The lowest BCUT2D eigenvalue weighted by molar-refractivity contribution is 0.0699. The maximum absolute atomic E-state index is 11.3. The second-order valence-corrected chi connectivity index (χ2v) is 4.71. The van der Waals surface area contributed by atoms with E-state index in [-0.39, 0.29) is 0 Å². The number of benzene rings is 2. The van der Waals surface area contributed by atoms with Crippen LogP contribution in [0.5, 0.6) is 0 Å². The summed E-state index contributed by atoms with van der Waals surface area (Å²) < 4.78 is 1.85. The van der Waals surface area contributed by atoms with Gasteiger partial charge >= 0.3 is 5.97 Å². The monoisotopic (exact) mass is 281 g/mol. The number of nitrogens with zero attached hydrogens (tertiary/aromatic N) is 2. The molecule has 0 aliphatic carbocycles. The third kappa shape index (κ3) is 2.72. The van der Waals surface area contributed by atoms with Crippen LogP contribution in [0.15, 0.2) is 54.9 Å². The van der Waals surface area contributed by atoms with Gasteiger partial charge in [0.15, 0.2) is 0 Å². The first kappa shape index (κ1) is 13.2. The summed E-state index contributed by atoms with van der Waals surface area (Å²) in [5, 5.41) is 18.4. The minimum Gasteiger partial charge on any atom is -0.478 e. The van der Waals surface area contributed by atoms with E-state index < -0.39 is 5.97 Å². The number of carboxylic acid groups (broad SMARTS) is 1. The van der Waals surface area contributed by atoms with Gasteiger partial charge in [0.25, 0.3) is 0 Å². The van der Waals surface area contributed by atoms with Gasteiger partial charge in [0.05, 0.1) is 12.1 Å². The van der Waals surface area contributed by atoms with Crippen LogP contribution in [-0.2, 0) is 6.54 Å². The molecule has 0 bridgehead atoms. The molecule has 106 valence electrons. The summed E-state index contributed by atoms with van der Waals surface area (Å²) in [5.41, 5.74) is 1.26. The fourth-order valence-electron chi connectivity index (χ4n) is 2.38. The van der Waals surface area contributed by atoms with Crippen molar-refractivity contribution in [3.8, 4) is 0 Å². The Balaban J connectivity index is 1.85. The van der Waals surface area contributed by atoms with Gasteiger partial charge in [0.1, 0.15) is 0 Å². The molecule has 0 amide bonds. The van der Waals surface area contributed by atoms with Crippen molar-refractivity contribution < 1.29 is 9.90 Å². The predicted octanol–water partition coefficient (Wildman–Crippen LogP) is 2.85.